The van der Waals surface area contributed by atoms with Gasteiger partial charge in [-0.05, 0) is 56.2 Å². The van der Waals surface area contributed by atoms with E-state index < -0.39 is 203 Å². The highest BCUT2D eigenvalue weighted by Gasteiger charge is 2.65. The summed E-state index contributed by atoms with van der Waals surface area (Å²) in [5, 5.41) is 3.90. The van der Waals surface area contributed by atoms with E-state index in [4.69, 9.17) is 89.7 Å². The Bertz CT molecular complexity index is 4470. The van der Waals surface area contributed by atoms with E-state index in [0.29, 0.717) is 11.1 Å². The SMILES string of the molecule is CC(=O)N[C@H]1[C@H]([C@@H](OC(C)=O)[C@@H](COC(C)=O)OC(C)=O)O[C@@](O[C@H]2[C@@H](OC(C)=O)[C@@H](COCc3ccccc3)O[C@@H](O[C@H]3[C@H](O[C@@H]4O[C@@H](C)[C@@H](OCc5ccccc5)[C@@H](OCc5ccccc5)[C@@H]4OCc4ccccc4)C=CO[C@@H]3CO[Si](c3ccccc3)(c3ccccc3)C(C)(C)C)[C@@H]2OC(C)=O)(C(=O)OCc2ccccc2)C[C@@H]1OC(C)=O. The van der Waals surface area contributed by atoms with Crippen LogP contribution in [0.4, 0.5) is 0 Å². The lowest BCUT2D eigenvalue weighted by atomic mass is 9.87. The Kier molecular flexibility index (Phi) is 32.8. The highest BCUT2D eigenvalue weighted by atomic mass is 28.4. The molecule has 0 radical (unpaired) electrons. The minimum absolute atomic E-state index is 0.0313. The molecule has 29 heteroatoms. The van der Waals surface area contributed by atoms with Gasteiger partial charge in [0.05, 0.1) is 64.5 Å². The number of hydrogen-bond donors (Lipinski definition) is 1. The van der Waals surface area contributed by atoms with Gasteiger partial charge in [-0.15, -0.1) is 0 Å². The fraction of sp³-hybridized carbons (Fsp3) is 0.435. The fourth-order valence-electron chi connectivity index (χ4n) is 15.5. The maximum Gasteiger partial charge on any atom is 0.367 e. The molecule has 0 saturated carbocycles. The number of carbonyl (C=O) groups excluding carboxylic acids is 8. The number of rotatable bonds is 37. The summed E-state index contributed by atoms with van der Waals surface area (Å²) in [4.78, 5) is 112. The topological polar surface area (TPSA) is 324 Å². The molecule has 7 aromatic rings. The average molecular weight is 1690 g/mol. The molecule has 121 heavy (non-hydrogen) atoms. The van der Waals surface area contributed by atoms with Crippen molar-refractivity contribution in [2.24, 2.45) is 0 Å². The van der Waals surface area contributed by atoms with Crippen LogP contribution in [-0.4, -0.2) is 192 Å². The normalized spacial score (nSPS) is 25.8. The van der Waals surface area contributed by atoms with Gasteiger partial charge in [0.1, 0.15) is 74.3 Å². The summed E-state index contributed by atoms with van der Waals surface area (Å²) in [6.07, 6.45) is -24.6. The van der Waals surface area contributed by atoms with Gasteiger partial charge >= 0.3 is 41.8 Å². The quantitative estimate of drug-likeness (QED) is 0.0215. The fourth-order valence-corrected chi connectivity index (χ4v) is 20.1. The Labute approximate surface area is 705 Å². The van der Waals surface area contributed by atoms with Gasteiger partial charge in [0.25, 0.3) is 14.1 Å². The highest BCUT2D eigenvalue weighted by Crippen LogP contribution is 2.44. The lowest BCUT2D eigenvalue weighted by Crippen LogP contribution is -2.72. The van der Waals surface area contributed by atoms with E-state index >= 15 is 4.79 Å². The lowest BCUT2D eigenvalue weighted by molar-refractivity contribution is -0.382. The number of amides is 1. The lowest BCUT2D eigenvalue weighted by Gasteiger charge is -2.52. The van der Waals surface area contributed by atoms with Gasteiger partial charge in [0, 0.05) is 48.5 Å². The molecule has 4 aliphatic heterocycles. The first-order chi connectivity index (χ1) is 58.2. The van der Waals surface area contributed by atoms with E-state index in [2.05, 4.69) is 26.1 Å². The molecule has 0 aliphatic carbocycles. The molecule has 0 unspecified atom stereocenters. The molecule has 28 nitrogen and oxygen atoms in total. The predicted octanol–water partition coefficient (Wildman–Crippen LogP) is 10.0. The van der Waals surface area contributed by atoms with Crippen LogP contribution in [0.3, 0.4) is 0 Å². The monoisotopic (exact) mass is 1690 g/mol. The molecule has 4 heterocycles. The number of nitrogens with one attached hydrogen (secondary N) is 1. The molecular formula is C92H107NO27Si. The second kappa shape index (κ2) is 43.4. The van der Waals surface area contributed by atoms with Crippen molar-refractivity contribution in [2.75, 3.05) is 19.8 Å². The zero-order chi connectivity index (χ0) is 86.2. The van der Waals surface area contributed by atoms with Crippen molar-refractivity contribution in [1.29, 1.82) is 0 Å². The molecule has 0 bridgehead atoms. The molecule has 19 atom stereocenters. The predicted molar refractivity (Wildman–Crippen MR) is 437 cm³/mol. The minimum Gasteiger partial charge on any atom is -0.493 e. The van der Waals surface area contributed by atoms with Crippen molar-refractivity contribution in [3.63, 3.8) is 0 Å². The van der Waals surface area contributed by atoms with Crippen molar-refractivity contribution in [1.82, 2.24) is 5.32 Å². The molecule has 4 aliphatic rings. The van der Waals surface area contributed by atoms with E-state index in [0.717, 1.165) is 75.5 Å². The first-order valence-electron chi connectivity index (χ1n) is 40.3. The van der Waals surface area contributed by atoms with Gasteiger partial charge in [-0.25, -0.2) is 4.79 Å². The Balaban J connectivity index is 1.11. The standard InChI is InChI=1S/C92H107NO27Si/c1-58-79(105-51-67-35-21-13-22-36-67)84(106-52-68-37-23-14-24-38-68)86(107-53-69-39-25-15-26-40-69)88(110-58)116-73-47-48-103-75(57-109-121(91(9,10)11,71-43-29-17-30-44-71)72-45-31-18-32-46-72)80(73)118-89-87(115-65(8)100)85(82(114-64(7)99)76(117-89)55-102-50-66-33-19-12-20-34-66)120-92(90(101)108-54-70-41-27-16-28-42-70)49-74(111-61(4)96)78(93-59(2)94)83(119-92)81(113-63(6)98)77(112-62(5)97)56-104-60(3)95/h12-48,58,73-89H,49-57H2,1-11H3,(H,93,94)/t58-,73+,74-,75+,76+,77+,78+,79+,80-,81-,82-,83+,84+,85-,86-,87+,88-,89-,92-/m0/s1. The Morgan fingerprint density at radius 3 is 1.43 bits per heavy atom. The van der Waals surface area contributed by atoms with Crippen molar-refractivity contribution in [3.05, 3.63) is 252 Å². The molecule has 1 N–H and O–H groups in total. The van der Waals surface area contributed by atoms with Crippen LogP contribution in [0.2, 0.25) is 5.04 Å². The summed E-state index contributed by atoms with van der Waals surface area (Å²) >= 11 is 0. The first kappa shape index (κ1) is 91.4. The minimum atomic E-state index is -3.55. The molecule has 11 rings (SSSR count). The van der Waals surface area contributed by atoms with E-state index in [-0.39, 0.29) is 33.0 Å². The zero-order valence-electron chi connectivity index (χ0n) is 69.6. The largest absolute Gasteiger partial charge is 0.493 e. The third kappa shape index (κ3) is 24.7. The molecule has 1 amide bonds. The maximum atomic E-state index is 16.3. The van der Waals surface area contributed by atoms with E-state index in [1.54, 1.807) is 48.5 Å². The molecule has 0 spiro atoms. The van der Waals surface area contributed by atoms with E-state index in [9.17, 15) is 33.6 Å². The average Bonchev–Trinajstić information content (AvgIpc) is 0.742. The molecule has 646 valence electrons. The molecule has 0 aromatic heterocycles. The van der Waals surface area contributed by atoms with Crippen molar-refractivity contribution in [2.45, 2.75) is 237 Å². The summed E-state index contributed by atoms with van der Waals surface area (Å²) in [6.45, 7) is 13.6. The summed E-state index contributed by atoms with van der Waals surface area (Å²) in [6, 6.07) is 64.3. The van der Waals surface area contributed by atoms with Gasteiger partial charge in [0.15, 0.2) is 37.0 Å². The van der Waals surface area contributed by atoms with Crippen LogP contribution in [0.1, 0.15) is 110 Å². The van der Waals surface area contributed by atoms with Gasteiger partial charge < -0.3 is 95.0 Å². The third-order valence-electron chi connectivity index (χ3n) is 20.7. The second-order valence-corrected chi connectivity index (χ2v) is 35.3. The van der Waals surface area contributed by atoms with Crippen LogP contribution in [0.15, 0.2) is 225 Å². The highest BCUT2D eigenvalue weighted by molar-refractivity contribution is 6.99. The number of esters is 7. The molecule has 3 saturated heterocycles. The number of carbonyl (C=O) groups is 8. The van der Waals surface area contributed by atoms with Crippen molar-refractivity contribution in [3.8, 4) is 0 Å². The van der Waals surface area contributed by atoms with Crippen LogP contribution >= 0.6 is 0 Å². The summed E-state index contributed by atoms with van der Waals surface area (Å²) in [5.74, 6) is -11.3. The van der Waals surface area contributed by atoms with Gasteiger partial charge in [-0.2, -0.15) is 0 Å². The van der Waals surface area contributed by atoms with Gasteiger partial charge in [-0.1, -0.05) is 233 Å². The number of benzene rings is 7. The second-order valence-electron chi connectivity index (χ2n) is 30.9. The van der Waals surface area contributed by atoms with Crippen LogP contribution in [0, 0.1) is 0 Å². The first-order valence-corrected chi connectivity index (χ1v) is 42.2. The number of ether oxygens (including phenoxy) is 18. The molecule has 3 fully saturated rings. The van der Waals surface area contributed by atoms with Gasteiger partial charge in [-0.3, -0.25) is 33.6 Å². The van der Waals surface area contributed by atoms with Crippen LogP contribution in [0.25, 0.3) is 0 Å². The van der Waals surface area contributed by atoms with Crippen LogP contribution in [0.5, 0.6) is 0 Å². The summed E-state index contributed by atoms with van der Waals surface area (Å²) < 4.78 is 128. The van der Waals surface area contributed by atoms with Crippen molar-refractivity contribution < 1.29 is 128 Å². The van der Waals surface area contributed by atoms with Crippen LogP contribution in [-0.2, 0) is 161 Å². The number of hydrogen-bond acceptors (Lipinski definition) is 27. The Morgan fingerprint density at radius 2 is 0.942 bits per heavy atom. The Hall–Kier alpha value is -10.4. The Morgan fingerprint density at radius 1 is 0.471 bits per heavy atom. The van der Waals surface area contributed by atoms with Gasteiger partial charge in [0.2, 0.25) is 5.91 Å². The molecule has 7 aromatic carbocycles. The zero-order valence-corrected chi connectivity index (χ0v) is 70.6. The summed E-state index contributed by atoms with van der Waals surface area (Å²) in [5.41, 5.74) is 3.65. The maximum absolute atomic E-state index is 16.3. The third-order valence-corrected chi connectivity index (χ3v) is 25.7. The van der Waals surface area contributed by atoms with E-state index in [1.165, 1.54) is 6.26 Å². The van der Waals surface area contributed by atoms with Crippen molar-refractivity contribution >= 4 is 66.4 Å². The molecular weight excluding hydrogens is 1580 g/mol. The summed E-state index contributed by atoms with van der Waals surface area (Å²) in [7, 11) is -3.55. The van der Waals surface area contributed by atoms with E-state index in [1.807, 2.05) is 177 Å². The van der Waals surface area contributed by atoms with Crippen LogP contribution < -0.4 is 15.7 Å². The smallest absolute Gasteiger partial charge is 0.367 e.